The molecular formula is C10H11BrF3N. The molecule has 0 radical (unpaired) electrons. The molecule has 1 aromatic rings. The van der Waals surface area contributed by atoms with Crippen LogP contribution in [0.25, 0.3) is 0 Å². The first-order valence-electron chi connectivity index (χ1n) is 4.44. The minimum atomic E-state index is -4.35. The largest absolute Gasteiger partial charge is 0.485 e. The number of benzene rings is 1. The van der Waals surface area contributed by atoms with Gasteiger partial charge in [0.2, 0.25) is 0 Å². The number of halogens is 4. The summed E-state index contributed by atoms with van der Waals surface area (Å²) in [5.41, 5.74) is 0.153. The van der Waals surface area contributed by atoms with E-state index in [9.17, 15) is 13.2 Å². The number of anilines is 1. The normalized spacial score (nSPS) is 11.9. The van der Waals surface area contributed by atoms with Gasteiger partial charge in [-0.25, -0.2) is 0 Å². The van der Waals surface area contributed by atoms with E-state index in [4.69, 9.17) is 0 Å². The molecule has 0 fully saturated rings. The third-order valence-corrected chi connectivity index (χ3v) is 2.42. The topological polar surface area (TPSA) is 3.24 Å². The Kier molecular flexibility index (Phi) is 3.65. The minimum Gasteiger partial charge on any atom is -0.282 e. The van der Waals surface area contributed by atoms with E-state index in [1.54, 1.807) is 12.1 Å². The monoisotopic (exact) mass is 281 g/mol. The molecule has 0 aromatic heterocycles. The Morgan fingerprint density at radius 1 is 1.13 bits per heavy atom. The van der Waals surface area contributed by atoms with Gasteiger partial charge in [0, 0.05) is 16.2 Å². The molecule has 0 aliphatic heterocycles. The second kappa shape index (κ2) is 4.43. The lowest BCUT2D eigenvalue weighted by Crippen LogP contribution is -2.43. The first kappa shape index (κ1) is 12.4. The van der Waals surface area contributed by atoms with Gasteiger partial charge in [-0.3, -0.25) is 4.90 Å². The number of nitrogens with zero attached hydrogens (tertiary/aromatic N) is 1. The summed E-state index contributed by atoms with van der Waals surface area (Å²) >= 11 is 3.18. The summed E-state index contributed by atoms with van der Waals surface area (Å²) in [6, 6.07) is 5.45. The fourth-order valence-corrected chi connectivity index (χ4v) is 1.60. The maximum atomic E-state index is 12.7. The summed E-state index contributed by atoms with van der Waals surface area (Å²) in [4.78, 5) is 0.430. The van der Waals surface area contributed by atoms with Crippen LogP contribution in [0.15, 0.2) is 28.7 Å². The molecule has 0 saturated carbocycles. The zero-order chi connectivity index (χ0) is 11.6. The van der Waals surface area contributed by atoms with Crippen molar-refractivity contribution in [3.8, 4) is 0 Å². The smallest absolute Gasteiger partial charge is 0.282 e. The molecule has 0 aliphatic rings. The molecule has 0 unspecified atom stereocenters. The fourth-order valence-electron chi connectivity index (χ4n) is 1.34. The Bertz CT molecular complexity index is 318. The molecule has 5 heteroatoms. The van der Waals surface area contributed by atoms with Gasteiger partial charge in [-0.15, -0.1) is 0 Å². The molecule has 15 heavy (non-hydrogen) atoms. The molecule has 84 valence electrons. The molecule has 0 N–H and O–H groups in total. The number of alkyl halides is 3. The predicted octanol–water partition coefficient (Wildman–Crippen LogP) is 4.18. The van der Waals surface area contributed by atoms with Crippen molar-refractivity contribution in [3.05, 3.63) is 28.7 Å². The lowest BCUT2D eigenvalue weighted by Gasteiger charge is -2.30. The van der Waals surface area contributed by atoms with Crippen molar-refractivity contribution < 1.29 is 13.2 Å². The molecule has 0 spiro atoms. The van der Waals surface area contributed by atoms with Crippen LogP contribution in [0.4, 0.5) is 18.9 Å². The first-order chi connectivity index (χ1) is 6.82. The summed E-state index contributed by atoms with van der Waals surface area (Å²) in [7, 11) is 0. The van der Waals surface area contributed by atoms with Gasteiger partial charge >= 0.3 is 6.30 Å². The maximum Gasteiger partial charge on any atom is 0.485 e. The molecular weight excluding hydrogens is 271 g/mol. The van der Waals surface area contributed by atoms with Crippen LogP contribution in [0.1, 0.15) is 13.8 Å². The Morgan fingerprint density at radius 2 is 1.60 bits per heavy atom. The van der Waals surface area contributed by atoms with Crippen LogP contribution < -0.4 is 4.90 Å². The van der Waals surface area contributed by atoms with Crippen molar-refractivity contribution in [3.63, 3.8) is 0 Å². The van der Waals surface area contributed by atoms with Gasteiger partial charge < -0.3 is 0 Å². The van der Waals surface area contributed by atoms with E-state index in [-0.39, 0.29) is 5.69 Å². The molecule has 0 amide bonds. The van der Waals surface area contributed by atoms with Crippen LogP contribution in [0.5, 0.6) is 0 Å². The predicted molar refractivity (Wildman–Crippen MR) is 57.8 cm³/mol. The summed E-state index contributed by atoms with van der Waals surface area (Å²) < 4.78 is 38.8. The van der Waals surface area contributed by atoms with Gasteiger partial charge in [-0.05, 0) is 38.1 Å². The van der Waals surface area contributed by atoms with Gasteiger partial charge in [0.1, 0.15) is 0 Å². The van der Waals surface area contributed by atoms with Gasteiger partial charge in [-0.1, -0.05) is 15.9 Å². The molecule has 0 aliphatic carbocycles. The Labute approximate surface area is 95.0 Å². The van der Waals surface area contributed by atoms with Gasteiger partial charge in [0.15, 0.2) is 0 Å². The third kappa shape index (κ3) is 3.12. The average Bonchev–Trinajstić information content (AvgIpc) is 2.05. The zero-order valence-electron chi connectivity index (χ0n) is 8.35. The highest BCUT2D eigenvalue weighted by molar-refractivity contribution is 9.10. The number of hydrogen-bond donors (Lipinski definition) is 0. The zero-order valence-corrected chi connectivity index (χ0v) is 9.93. The van der Waals surface area contributed by atoms with Crippen molar-refractivity contribution >= 4 is 21.6 Å². The highest BCUT2D eigenvalue weighted by atomic mass is 79.9. The lowest BCUT2D eigenvalue weighted by molar-refractivity contribution is -0.133. The van der Waals surface area contributed by atoms with Crippen LogP contribution in [0.2, 0.25) is 0 Å². The quantitative estimate of drug-likeness (QED) is 0.735. The van der Waals surface area contributed by atoms with Gasteiger partial charge in [-0.2, -0.15) is 13.2 Å². The third-order valence-electron chi connectivity index (χ3n) is 1.89. The SMILES string of the molecule is CC(C)N(c1ccc(Br)cc1)C(F)(F)F. The fraction of sp³-hybridized carbons (Fsp3) is 0.400. The van der Waals surface area contributed by atoms with Crippen LogP contribution in [0, 0.1) is 0 Å². The maximum absolute atomic E-state index is 12.7. The lowest BCUT2D eigenvalue weighted by atomic mass is 10.2. The molecule has 0 bridgehead atoms. The molecule has 1 aromatic carbocycles. The van der Waals surface area contributed by atoms with Crippen molar-refractivity contribution in [1.29, 1.82) is 0 Å². The first-order valence-corrected chi connectivity index (χ1v) is 5.23. The van der Waals surface area contributed by atoms with Crippen LogP contribution >= 0.6 is 15.9 Å². The second-order valence-corrected chi connectivity index (χ2v) is 4.32. The standard InChI is InChI=1S/C10H11BrF3N/c1-7(2)15(10(12,13)14)9-5-3-8(11)4-6-9/h3-7H,1-2H3. The molecule has 0 heterocycles. The van der Waals surface area contributed by atoms with E-state index < -0.39 is 12.3 Å². The Hall–Kier alpha value is -0.710. The second-order valence-electron chi connectivity index (χ2n) is 3.41. The Morgan fingerprint density at radius 3 is 1.93 bits per heavy atom. The van der Waals surface area contributed by atoms with Crippen molar-refractivity contribution in [2.45, 2.75) is 26.2 Å². The van der Waals surface area contributed by atoms with E-state index in [0.29, 0.717) is 4.90 Å². The van der Waals surface area contributed by atoms with Crippen LogP contribution in [-0.2, 0) is 0 Å². The van der Waals surface area contributed by atoms with Gasteiger partial charge in [0.25, 0.3) is 0 Å². The molecule has 1 rings (SSSR count). The minimum absolute atomic E-state index is 0.153. The van der Waals surface area contributed by atoms with E-state index in [1.807, 2.05) is 0 Å². The average molecular weight is 282 g/mol. The molecule has 0 saturated heterocycles. The molecule has 1 nitrogen and oxygen atoms in total. The van der Waals surface area contributed by atoms with Crippen molar-refractivity contribution in [1.82, 2.24) is 0 Å². The van der Waals surface area contributed by atoms with Crippen LogP contribution in [-0.4, -0.2) is 12.3 Å². The van der Waals surface area contributed by atoms with E-state index in [0.717, 1.165) is 4.47 Å². The molecule has 0 atom stereocenters. The summed E-state index contributed by atoms with van der Waals surface area (Å²) in [5, 5.41) is 0. The van der Waals surface area contributed by atoms with Gasteiger partial charge in [0.05, 0.1) is 0 Å². The highest BCUT2D eigenvalue weighted by Gasteiger charge is 2.39. The highest BCUT2D eigenvalue weighted by Crippen LogP contribution is 2.31. The Balaban J connectivity index is 3.05. The summed E-state index contributed by atoms with van der Waals surface area (Å²) in [6.45, 7) is 3.02. The van der Waals surface area contributed by atoms with E-state index in [2.05, 4.69) is 15.9 Å². The van der Waals surface area contributed by atoms with Crippen molar-refractivity contribution in [2.75, 3.05) is 4.90 Å². The summed E-state index contributed by atoms with van der Waals surface area (Å²) in [5.74, 6) is 0. The number of rotatable bonds is 2. The summed E-state index contributed by atoms with van der Waals surface area (Å²) in [6.07, 6.45) is -4.35. The van der Waals surface area contributed by atoms with E-state index >= 15 is 0 Å². The number of hydrogen-bond acceptors (Lipinski definition) is 1. The van der Waals surface area contributed by atoms with Crippen LogP contribution in [0.3, 0.4) is 0 Å². The van der Waals surface area contributed by atoms with Crippen molar-refractivity contribution in [2.24, 2.45) is 0 Å². The van der Waals surface area contributed by atoms with E-state index in [1.165, 1.54) is 26.0 Å².